The number of rotatable bonds is 17. The van der Waals surface area contributed by atoms with Crippen LogP contribution in [0.1, 0.15) is 104 Å². The summed E-state index contributed by atoms with van der Waals surface area (Å²) in [6.07, 6.45) is 15.4. The van der Waals surface area contributed by atoms with E-state index in [-0.39, 0.29) is 13.2 Å². The molecule has 0 saturated heterocycles. The molecule has 154 valence electrons. The summed E-state index contributed by atoms with van der Waals surface area (Å²) in [7, 11) is 0. The standard InChI is InChI=1S/C21H39BrO4/c1-4-7-8-9-10-11-12-13-14-15-16-17-18-21(22,19(23)25-5-2)20(24)26-6-3/h4-18H2,1-3H3. The predicted molar refractivity (Wildman–Crippen MR) is 111 cm³/mol. The third-order valence-electron chi connectivity index (χ3n) is 4.57. The van der Waals surface area contributed by atoms with Gasteiger partial charge in [0, 0.05) is 0 Å². The van der Waals surface area contributed by atoms with Crippen LogP contribution in [-0.2, 0) is 19.1 Å². The van der Waals surface area contributed by atoms with Gasteiger partial charge in [0.05, 0.1) is 13.2 Å². The Hall–Kier alpha value is -0.580. The first kappa shape index (κ1) is 25.4. The van der Waals surface area contributed by atoms with Crippen molar-refractivity contribution in [3.63, 3.8) is 0 Å². The van der Waals surface area contributed by atoms with E-state index in [0.717, 1.165) is 19.3 Å². The highest BCUT2D eigenvalue weighted by Crippen LogP contribution is 2.29. The molecule has 0 atom stereocenters. The fraction of sp³-hybridized carbons (Fsp3) is 0.905. The molecular formula is C21H39BrO4. The lowest BCUT2D eigenvalue weighted by Crippen LogP contribution is -2.43. The van der Waals surface area contributed by atoms with Gasteiger partial charge in [-0.3, -0.25) is 0 Å². The highest BCUT2D eigenvalue weighted by atomic mass is 79.9. The topological polar surface area (TPSA) is 52.6 Å². The minimum atomic E-state index is -1.35. The van der Waals surface area contributed by atoms with Gasteiger partial charge in [0.2, 0.25) is 4.32 Å². The van der Waals surface area contributed by atoms with Crippen LogP contribution in [0.5, 0.6) is 0 Å². The number of unbranched alkanes of at least 4 members (excludes halogenated alkanes) is 11. The summed E-state index contributed by atoms with van der Waals surface area (Å²) in [5, 5.41) is 0. The predicted octanol–water partition coefficient (Wildman–Crippen LogP) is 6.34. The summed E-state index contributed by atoms with van der Waals surface area (Å²) in [5.74, 6) is -1.08. The van der Waals surface area contributed by atoms with Crippen LogP contribution in [-0.4, -0.2) is 29.5 Å². The molecule has 0 aromatic heterocycles. The van der Waals surface area contributed by atoms with E-state index >= 15 is 0 Å². The minimum Gasteiger partial charge on any atom is -0.465 e. The maximum Gasteiger partial charge on any atom is 0.334 e. The number of halogens is 1. The smallest absolute Gasteiger partial charge is 0.334 e. The summed E-state index contributed by atoms with van der Waals surface area (Å²) in [4.78, 5) is 24.3. The summed E-state index contributed by atoms with van der Waals surface area (Å²) >= 11 is 3.30. The number of hydrogen-bond acceptors (Lipinski definition) is 4. The lowest BCUT2D eigenvalue weighted by molar-refractivity contribution is -0.158. The largest absolute Gasteiger partial charge is 0.465 e. The number of alkyl halides is 1. The van der Waals surface area contributed by atoms with Gasteiger partial charge in [0.15, 0.2) is 0 Å². The Morgan fingerprint density at radius 2 is 1.00 bits per heavy atom. The zero-order valence-corrected chi connectivity index (χ0v) is 18.7. The van der Waals surface area contributed by atoms with Gasteiger partial charge in [-0.2, -0.15) is 0 Å². The van der Waals surface area contributed by atoms with Crippen LogP contribution in [0.3, 0.4) is 0 Å². The lowest BCUT2D eigenvalue weighted by atomic mass is 9.99. The molecule has 0 amide bonds. The average molecular weight is 435 g/mol. The highest BCUT2D eigenvalue weighted by Gasteiger charge is 2.46. The second kappa shape index (κ2) is 16.6. The summed E-state index contributed by atoms with van der Waals surface area (Å²) in [6.45, 7) is 6.23. The van der Waals surface area contributed by atoms with Crippen molar-refractivity contribution >= 4 is 27.9 Å². The fourth-order valence-corrected chi connectivity index (χ4v) is 3.50. The van der Waals surface area contributed by atoms with Crippen molar-refractivity contribution in [1.29, 1.82) is 0 Å². The van der Waals surface area contributed by atoms with Gasteiger partial charge in [0.1, 0.15) is 0 Å². The molecule has 5 heteroatoms. The van der Waals surface area contributed by atoms with E-state index in [9.17, 15) is 9.59 Å². The number of carbonyl (C=O) groups excluding carboxylic acids is 2. The monoisotopic (exact) mass is 434 g/mol. The third kappa shape index (κ3) is 11.2. The Kier molecular flexibility index (Phi) is 16.2. The van der Waals surface area contributed by atoms with Crippen molar-refractivity contribution in [1.82, 2.24) is 0 Å². The molecule has 0 N–H and O–H groups in total. The van der Waals surface area contributed by atoms with E-state index < -0.39 is 16.3 Å². The molecule has 0 bridgehead atoms. The minimum absolute atomic E-state index is 0.254. The Labute approximate surface area is 168 Å². The van der Waals surface area contributed by atoms with E-state index in [4.69, 9.17) is 9.47 Å². The van der Waals surface area contributed by atoms with Gasteiger partial charge in [-0.15, -0.1) is 0 Å². The fourth-order valence-electron chi connectivity index (χ4n) is 2.99. The van der Waals surface area contributed by atoms with Crippen molar-refractivity contribution in [2.75, 3.05) is 13.2 Å². The van der Waals surface area contributed by atoms with Gasteiger partial charge >= 0.3 is 11.9 Å². The van der Waals surface area contributed by atoms with Crippen LogP contribution in [0.25, 0.3) is 0 Å². The maximum absolute atomic E-state index is 12.1. The Morgan fingerprint density at radius 3 is 1.35 bits per heavy atom. The second-order valence-electron chi connectivity index (χ2n) is 6.88. The first-order valence-corrected chi connectivity index (χ1v) is 11.4. The van der Waals surface area contributed by atoms with Gasteiger partial charge in [0.25, 0.3) is 0 Å². The van der Waals surface area contributed by atoms with Gasteiger partial charge in [-0.05, 0) is 20.3 Å². The molecule has 26 heavy (non-hydrogen) atoms. The van der Waals surface area contributed by atoms with Crippen molar-refractivity contribution in [3.8, 4) is 0 Å². The molecule has 0 spiro atoms. The first-order valence-electron chi connectivity index (χ1n) is 10.6. The molecule has 0 aromatic rings. The molecule has 4 nitrogen and oxygen atoms in total. The summed E-state index contributed by atoms with van der Waals surface area (Å²) in [6, 6.07) is 0. The number of ether oxygens (including phenoxy) is 2. The molecule has 0 aliphatic heterocycles. The first-order chi connectivity index (χ1) is 12.5. The SMILES string of the molecule is CCCCCCCCCCCCCCC(Br)(C(=O)OCC)C(=O)OCC. The Morgan fingerprint density at radius 1 is 0.654 bits per heavy atom. The summed E-state index contributed by atoms with van der Waals surface area (Å²) < 4.78 is 8.74. The van der Waals surface area contributed by atoms with E-state index in [1.54, 1.807) is 13.8 Å². The Bertz CT molecular complexity index is 353. The normalized spacial score (nSPS) is 11.4. The third-order valence-corrected chi connectivity index (χ3v) is 5.62. The summed E-state index contributed by atoms with van der Waals surface area (Å²) in [5.41, 5.74) is 0. The molecule has 0 heterocycles. The van der Waals surface area contributed by atoms with E-state index in [2.05, 4.69) is 22.9 Å². The molecule has 0 unspecified atom stereocenters. The molecule has 0 aromatic carbocycles. The van der Waals surface area contributed by atoms with Crippen molar-refractivity contribution in [2.45, 2.75) is 109 Å². The zero-order valence-electron chi connectivity index (χ0n) is 17.1. The van der Waals surface area contributed by atoms with Gasteiger partial charge in [-0.1, -0.05) is 99.9 Å². The zero-order chi connectivity index (χ0) is 19.7. The lowest BCUT2D eigenvalue weighted by Gasteiger charge is -2.23. The van der Waals surface area contributed by atoms with Crippen molar-refractivity contribution < 1.29 is 19.1 Å². The number of esters is 2. The maximum atomic E-state index is 12.1. The molecular weight excluding hydrogens is 396 g/mol. The molecule has 0 aliphatic rings. The van der Waals surface area contributed by atoms with E-state index in [0.29, 0.717) is 6.42 Å². The number of carbonyl (C=O) groups is 2. The quantitative estimate of drug-likeness (QED) is 0.116. The van der Waals surface area contributed by atoms with Crippen molar-refractivity contribution in [3.05, 3.63) is 0 Å². The molecule has 0 saturated carbocycles. The van der Waals surface area contributed by atoms with Crippen LogP contribution >= 0.6 is 15.9 Å². The molecule has 0 radical (unpaired) electrons. The Balaban J connectivity index is 3.89. The second-order valence-corrected chi connectivity index (χ2v) is 8.23. The van der Waals surface area contributed by atoms with Crippen LogP contribution < -0.4 is 0 Å². The average Bonchev–Trinajstić information content (AvgIpc) is 2.62. The molecule has 0 fully saturated rings. The van der Waals surface area contributed by atoms with Crippen LogP contribution in [0, 0.1) is 0 Å². The van der Waals surface area contributed by atoms with Crippen LogP contribution in [0.15, 0.2) is 0 Å². The highest BCUT2D eigenvalue weighted by molar-refractivity contribution is 9.10. The molecule has 0 rings (SSSR count). The van der Waals surface area contributed by atoms with Crippen LogP contribution in [0.2, 0.25) is 0 Å². The number of hydrogen-bond donors (Lipinski definition) is 0. The van der Waals surface area contributed by atoms with Crippen LogP contribution in [0.4, 0.5) is 0 Å². The van der Waals surface area contributed by atoms with Crippen molar-refractivity contribution in [2.24, 2.45) is 0 Å². The molecule has 0 aliphatic carbocycles. The van der Waals surface area contributed by atoms with E-state index in [1.807, 2.05) is 0 Å². The van der Waals surface area contributed by atoms with E-state index in [1.165, 1.54) is 57.8 Å². The van der Waals surface area contributed by atoms with Gasteiger partial charge < -0.3 is 9.47 Å². The van der Waals surface area contributed by atoms with Gasteiger partial charge in [-0.25, -0.2) is 9.59 Å².